The van der Waals surface area contributed by atoms with Crippen molar-refractivity contribution in [2.75, 3.05) is 0 Å². The van der Waals surface area contributed by atoms with Crippen molar-refractivity contribution in [1.29, 1.82) is 0 Å². The molecule has 1 aromatic heterocycles. The molecule has 0 saturated heterocycles. The number of rotatable bonds is 9. The summed E-state index contributed by atoms with van der Waals surface area (Å²) >= 11 is 0. The van der Waals surface area contributed by atoms with E-state index in [1.165, 1.54) is 64.8 Å². The summed E-state index contributed by atoms with van der Waals surface area (Å²) in [5.41, 5.74) is 7.47. The van der Waals surface area contributed by atoms with Crippen molar-refractivity contribution in [3.63, 3.8) is 0 Å². The molecule has 0 radical (unpaired) electrons. The number of halogens is 4. The van der Waals surface area contributed by atoms with E-state index in [9.17, 15) is 17.6 Å². The zero-order valence-corrected chi connectivity index (χ0v) is 31.8. The third-order valence-corrected chi connectivity index (χ3v) is 9.36. The number of nitrogens with zero attached hydrogens (tertiary/aromatic N) is 1. The van der Waals surface area contributed by atoms with E-state index in [1.807, 2.05) is 50.2 Å². The van der Waals surface area contributed by atoms with Gasteiger partial charge in [0.2, 0.25) is 0 Å². The van der Waals surface area contributed by atoms with Crippen LogP contribution in [-0.4, -0.2) is 4.98 Å². The molecule has 0 aliphatic rings. The Balaban J connectivity index is 0.000000178. The van der Waals surface area contributed by atoms with Gasteiger partial charge in [0, 0.05) is 23.4 Å². The minimum Gasteiger partial charge on any atom is -0.258 e. The summed E-state index contributed by atoms with van der Waals surface area (Å²) in [6.07, 6.45) is 1.29. The van der Waals surface area contributed by atoms with Crippen LogP contribution in [0.3, 0.4) is 0 Å². The highest BCUT2D eigenvalue weighted by Gasteiger charge is 2.22. The quantitative estimate of drug-likeness (QED) is 0.136. The maximum atomic E-state index is 13.9. The van der Waals surface area contributed by atoms with Crippen LogP contribution in [0.15, 0.2) is 146 Å². The van der Waals surface area contributed by atoms with Crippen molar-refractivity contribution >= 4 is 0 Å². The molecule has 5 heteroatoms. The molecule has 3 unspecified atom stereocenters. The zero-order chi connectivity index (χ0) is 38.5. The Labute approximate surface area is 313 Å². The van der Waals surface area contributed by atoms with Gasteiger partial charge in [-0.25, -0.2) is 17.6 Å². The van der Waals surface area contributed by atoms with E-state index in [0.29, 0.717) is 23.3 Å². The summed E-state index contributed by atoms with van der Waals surface area (Å²) in [6.45, 7) is 14.9. The van der Waals surface area contributed by atoms with E-state index in [0.717, 1.165) is 11.3 Å². The van der Waals surface area contributed by atoms with Crippen molar-refractivity contribution < 1.29 is 17.6 Å². The Morgan fingerprint density at radius 2 is 0.811 bits per heavy atom. The minimum absolute atomic E-state index is 0.0493. The highest BCUT2D eigenvalue weighted by Crippen LogP contribution is 2.34. The Kier molecular flexibility index (Phi) is 15.1. The smallest absolute Gasteiger partial charge is 0.141 e. The van der Waals surface area contributed by atoms with Crippen molar-refractivity contribution in [3.8, 4) is 0 Å². The molecule has 0 bridgehead atoms. The molecular formula is C48H51F4N. The summed E-state index contributed by atoms with van der Waals surface area (Å²) in [6, 6.07) is 42.0. The van der Waals surface area contributed by atoms with Gasteiger partial charge in [-0.05, 0) is 95.0 Å². The van der Waals surface area contributed by atoms with Crippen LogP contribution in [0.1, 0.15) is 98.4 Å². The highest BCUT2D eigenvalue weighted by molar-refractivity contribution is 5.35. The molecule has 0 spiro atoms. The van der Waals surface area contributed by atoms with Gasteiger partial charge in [0.1, 0.15) is 23.3 Å². The number of aryl methyl sites for hydroxylation is 1. The van der Waals surface area contributed by atoms with Gasteiger partial charge >= 0.3 is 0 Å². The van der Waals surface area contributed by atoms with Crippen LogP contribution in [0.2, 0.25) is 0 Å². The second-order valence-electron chi connectivity index (χ2n) is 14.5. The van der Waals surface area contributed by atoms with E-state index >= 15 is 0 Å². The monoisotopic (exact) mass is 717 g/mol. The Hall–Kier alpha value is -5.03. The first-order valence-corrected chi connectivity index (χ1v) is 18.3. The average Bonchev–Trinajstić information content (AvgIpc) is 3.13. The van der Waals surface area contributed by atoms with Crippen molar-refractivity contribution in [1.82, 2.24) is 4.98 Å². The van der Waals surface area contributed by atoms with Crippen molar-refractivity contribution in [2.45, 2.75) is 66.2 Å². The molecule has 1 nitrogen and oxygen atoms in total. The van der Waals surface area contributed by atoms with Crippen molar-refractivity contribution in [3.05, 3.63) is 208 Å². The van der Waals surface area contributed by atoms with Crippen LogP contribution < -0.4 is 0 Å². The molecule has 5 aromatic carbocycles. The van der Waals surface area contributed by atoms with Gasteiger partial charge in [-0.2, -0.15) is 0 Å². The Morgan fingerprint density at radius 1 is 0.396 bits per heavy atom. The molecule has 0 amide bonds. The Bertz CT molecular complexity index is 1890. The van der Waals surface area contributed by atoms with Crippen LogP contribution >= 0.6 is 0 Å². The largest absolute Gasteiger partial charge is 0.258 e. The van der Waals surface area contributed by atoms with Crippen LogP contribution in [0.5, 0.6) is 0 Å². The van der Waals surface area contributed by atoms with Crippen LogP contribution in [-0.2, 0) is 0 Å². The van der Waals surface area contributed by atoms with E-state index in [4.69, 9.17) is 0 Å². The molecule has 276 valence electrons. The van der Waals surface area contributed by atoms with Crippen molar-refractivity contribution in [2.24, 2.45) is 17.8 Å². The fraction of sp³-hybridized carbons (Fsp3) is 0.271. The summed E-state index contributed by atoms with van der Waals surface area (Å²) in [5.74, 6) is 0.709. The molecule has 0 fully saturated rings. The zero-order valence-electron chi connectivity index (χ0n) is 31.8. The van der Waals surface area contributed by atoms with E-state index in [2.05, 4.69) is 76.0 Å². The fourth-order valence-electron chi connectivity index (χ4n) is 6.86. The SMILES string of the molecule is CC(C)C(c1ccc(F)cc1)c1ccccc1F.CC(C)C(c1ccccc1)c1ccc(F)cc1.Cc1ccc(C(c2ccc(F)cn2)C(C)C)cc1. The second-order valence-corrected chi connectivity index (χ2v) is 14.5. The van der Waals surface area contributed by atoms with Gasteiger partial charge in [0.25, 0.3) is 0 Å². The molecule has 6 aromatic rings. The molecule has 0 saturated carbocycles. The summed E-state index contributed by atoms with van der Waals surface area (Å²) in [4.78, 5) is 4.22. The maximum Gasteiger partial charge on any atom is 0.141 e. The van der Waals surface area contributed by atoms with Crippen LogP contribution in [0.4, 0.5) is 17.6 Å². The van der Waals surface area contributed by atoms with Gasteiger partial charge in [-0.15, -0.1) is 0 Å². The molecule has 1 heterocycles. The predicted octanol–water partition coefficient (Wildman–Crippen LogP) is 13.7. The molecule has 6 rings (SSSR count). The molecule has 3 atom stereocenters. The standard InChI is InChI=1S/C16H16F2.C16H18FN.C16H17F/c1-11(2)16(12-7-9-13(17)10-8-12)14-5-3-4-6-15(14)18;1-11(2)16(13-6-4-12(3)5-7-13)15-9-8-14(17)10-18-15;1-12(2)16(13-6-4-3-5-7-13)14-8-10-15(17)11-9-14/h3-11,16H,1-2H3;4-11,16H,1-3H3;3-12,16H,1-2H3. The molecular weight excluding hydrogens is 667 g/mol. The first-order valence-electron chi connectivity index (χ1n) is 18.3. The fourth-order valence-corrected chi connectivity index (χ4v) is 6.86. The van der Waals surface area contributed by atoms with E-state index < -0.39 is 0 Å². The first-order chi connectivity index (χ1) is 25.3. The van der Waals surface area contributed by atoms with E-state index in [-0.39, 0.29) is 41.0 Å². The summed E-state index contributed by atoms with van der Waals surface area (Å²) < 4.78 is 52.7. The third-order valence-electron chi connectivity index (χ3n) is 9.36. The highest BCUT2D eigenvalue weighted by atomic mass is 19.1. The minimum atomic E-state index is -0.287. The van der Waals surface area contributed by atoms with E-state index in [1.54, 1.807) is 30.3 Å². The topological polar surface area (TPSA) is 12.9 Å². The lowest BCUT2D eigenvalue weighted by molar-refractivity contribution is 0.522. The van der Waals surface area contributed by atoms with Gasteiger partial charge in [-0.1, -0.05) is 144 Å². The first kappa shape index (κ1) is 40.7. The van der Waals surface area contributed by atoms with Gasteiger partial charge in [0.15, 0.2) is 0 Å². The maximum absolute atomic E-state index is 13.9. The summed E-state index contributed by atoms with van der Waals surface area (Å²) in [5, 5.41) is 0. The number of benzene rings is 5. The van der Waals surface area contributed by atoms with Gasteiger partial charge in [0.05, 0.1) is 6.20 Å². The molecule has 53 heavy (non-hydrogen) atoms. The number of aromatic nitrogens is 1. The number of pyridine rings is 1. The normalized spacial score (nSPS) is 12.7. The third kappa shape index (κ3) is 11.7. The van der Waals surface area contributed by atoms with Gasteiger partial charge < -0.3 is 0 Å². The number of hydrogen-bond acceptors (Lipinski definition) is 1. The molecule has 0 aliphatic carbocycles. The van der Waals surface area contributed by atoms with Crippen LogP contribution in [0.25, 0.3) is 0 Å². The lowest BCUT2D eigenvalue weighted by Gasteiger charge is -2.22. The lowest BCUT2D eigenvalue weighted by Crippen LogP contribution is -2.10. The molecule has 0 N–H and O–H groups in total. The van der Waals surface area contributed by atoms with Crippen LogP contribution in [0, 0.1) is 47.9 Å². The lowest BCUT2D eigenvalue weighted by atomic mass is 9.82. The van der Waals surface area contributed by atoms with Gasteiger partial charge in [-0.3, -0.25) is 4.98 Å². The average molecular weight is 718 g/mol. The second kappa shape index (κ2) is 19.7. The predicted molar refractivity (Wildman–Crippen MR) is 211 cm³/mol. The Morgan fingerprint density at radius 3 is 1.28 bits per heavy atom. The summed E-state index contributed by atoms with van der Waals surface area (Å²) in [7, 11) is 0. The molecule has 0 aliphatic heterocycles. The number of hydrogen-bond donors (Lipinski definition) is 0.